The van der Waals surface area contributed by atoms with Crippen molar-refractivity contribution in [2.45, 2.75) is 26.3 Å². The van der Waals surface area contributed by atoms with Gasteiger partial charge in [-0.15, -0.1) is 0 Å². The number of ether oxygens (including phenoxy) is 1. The number of carboxylic acid groups (broad SMARTS) is 1. The lowest BCUT2D eigenvalue weighted by Gasteiger charge is -2.14. The second kappa shape index (κ2) is 5.47. The quantitative estimate of drug-likeness (QED) is 0.563. The van der Waals surface area contributed by atoms with Gasteiger partial charge in [-0.1, -0.05) is 13.8 Å². The van der Waals surface area contributed by atoms with Crippen LogP contribution in [0.1, 0.15) is 20.3 Å². The van der Waals surface area contributed by atoms with Gasteiger partial charge in [0, 0.05) is 12.6 Å². The summed E-state index contributed by atoms with van der Waals surface area (Å²) in [7, 11) is 0. The van der Waals surface area contributed by atoms with Gasteiger partial charge in [0.2, 0.25) is 0 Å². The Bertz CT molecular complexity index is 383. The van der Waals surface area contributed by atoms with E-state index in [0.717, 1.165) is 6.21 Å². The molecule has 0 aromatic carbocycles. The van der Waals surface area contributed by atoms with E-state index in [1.54, 1.807) is 13.8 Å². The number of cyclic esters (lactones) is 1. The van der Waals surface area contributed by atoms with Crippen molar-refractivity contribution in [1.29, 1.82) is 0 Å². The summed E-state index contributed by atoms with van der Waals surface area (Å²) in [5.41, 5.74) is -0.0665. The number of aliphatic imine (C=N–C) groups is 1. The Balaban J connectivity index is 2.88. The Labute approximate surface area is 98.6 Å². The van der Waals surface area contributed by atoms with Crippen LogP contribution in [-0.4, -0.2) is 41.0 Å². The van der Waals surface area contributed by atoms with E-state index in [2.05, 4.69) is 4.99 Å². The van der Waals surface area contributed by atoms with Crippen LogP contribution < -0.4 is 0 Å². The first-order valence-electron chi connectivity index (χ1n) is 5.28. The van der Waals surface area contributed by atoms with Crippen molar-refractivity contribution in [2.24, 2.45) is 10.9 Å². The van der Waals surface area contributed by atoms with Gasteiger partial charge in [-0.3, -0.25) is 4.99 Å². The van der Waals surface area contributed by atoms with Gasteiger partial charge in [-0.25, -0.2) is 9.59 Å². The van der Waals surface area contributed by atoms with Crippen LogP contribution in [0.2, 0.25) is 0 Å². The van der Waals surface area contributed by atoms with E-state index in [-0.39, 0.29) is 30.3 Å². The number of esters is 1. The number of aliphatic carboxylic acids is 1. The van der Waals surface area contributed by atoms with Crippen molar-refractivity contribution in [3.05, 3.63) is 11.3 Å². The lowest BCUT2D eigenvalue weighted by atomic mass is 10.1. The molecule has 0 aliphatic carbocycles. The Kier molecular flexibility index (Phi) is 4.25. The van der Waals surface area contributed by atoms with Crippen LogP contribution in [0.3, 0.4) is 0 Å². The Morgan fingerprint density at radius 1 is 1.53 bits per heavy atom. The highest BCUT2D eigenvalue weighted by Crippen LogP contribution is 2.14. The average Bonchev–Trinajstić information content (AvgIpc) is 2.21. The van der Waals surface area contributed by atoms with Crippen molar-refractivity contribution in [3.8, 4) is 0 Å². The molecule has 0 aromatic rings. The molecule has 0 radical (unpaired) electrons. The highest BCUT2D eigenvalue weighted by molar-refractivity contribution is 6.10. The number of rotatable bonds is 4. The van der Waals surface area contributed by atoms with Crippen LogP contribution in [-0.2, 0) is 14.3 Å². The second-order valence-corrected chi connectivity index (χ2v) is 4.05. The number of hydrogen-bond acceptors (Lipinski definition) is 5. The third-order valence-electron chi connectivity index (χ3n) is 2.35. The molecule has 0 bridgehead atoms. The van der Waals surface area contributed by atoms with Crippen LogP contribution in [0.4, 0.5) is 0 Å². The van der Waals surface area contributed by atoms with E-state index >= 15 is 0 Å². The lowest BCUT2D eigenvalue weighted by Crippen LogP contribution is -2.25. The number of aliphatic hydroxyl groups excluding tert-OH is 1. The van der Waals surface area contributed by atoms with Gasteiger partial charge >= 0.3 is 11.9 Å². The summed E-state index contributed by atoms with van der Waals surface area (Å²) < 4.78 is 4.72. The molecule has 1 aliphatic rings. The van der Waals surface area contributed by atoms with Crippen LogP contribution in [0.25, 0.3) is 0 Å². The van der Waals surface area contributed by atoms with Crippen LogP contribution >= 0.6 is 0 Å². The van der Waals surface area contributed by atoms with Crippen LogP contribution in [0.5, 0.6) is 0 Å². The standard InChI is InChI=1S/C11H15NO5/c1-6(2)9(10(14)15)12-5-7-8(13)3-4-17-11(7)16/h5-6,9,13H,3-4H2,1-2H3,(H,14,15). The molecule has 1 rings (SSSR count). The zero-order valence-electron chi connectivity index (χ0n) is 9.71. The molecule has 0 spiro atoms. The Hall–Kier alpha value is -1.85. The smallest absolute Gasteiger partial charge is 0.343 e. The van der Waals surface area contributed by atoms with Gasteiger partial charge in [-0.05, 0) is 5.92 Å². The topological polar surface area (TPSA) is 96.2 Å². The molecule has 0 aromatic heterocycles. The molecule has 0 saturated carbocycles. The second-order valence-electron chi connectivity index (χ2n) is 4.05. The van der Waals surface area contributed by atoms with E-state index in [1.165, 1.54) is 0 Å². The average molecular weight is 241 g/mol. The zero-order chi connectivity index (χ0) is 13.0. The molecule has 0 fully saturated rings. The molecule has 2 N–H and O–H groups in total. The SMILES string of the molecule is CC(C)C(N=CC1=C(O)CCOC1=O)C(=O)O. The predicted octanol–water partition coefficient (Wildman–Crippen LogP) is 0.925. The third-order valence-corrected chi connectivity index (χ3v) is 2.35. The van der Waals surface area contributed by atoms with Gasteiger partial charge in [0.25, 0.3) is 0 Å². The molecular weight excluding hydrogens is 226 g/mol. The summed E-state index contributed by atoms with van der Waals surface area (Å²) in [5, 5.41) is 18.4. The summed E-state index contributed by atoms with van der Waals surface area (Å²) in [6.45, 7) is 3.56. The number of nitrogens with zero attached hydrogens (tertiary/aromatic N) is 1. The molecule has 17 heavy (non-hydrogen) atoms. The third kappa shape index (κ3) is 3.30. The number of carbonyl (C=O) groups is 2. The van der Waals surface area contributed by atoms with Gasteiger partial charge in [-0.2, -0.15) is 0 Å². The molecule has 6 nitrogen and oxygen atoms in total. The number of carbonyl (C=O) groups excluding carboxylic acids is 1. The van der Waals surface area contributed by atoms with Crippen molar-refractivity contribution in [1.82, 2.24) is 0 Å². The largest absolute Gasteiger partial charge is 0.511 e. The molecule has 1 unspecified atom stereocenters. The van der Waals surface area contributed by atoms with Gasteiger partial charge in [0.15, 0.2) is 0 Å². The molecule has 94 valence electrons. The van der Waals surface area contributed by atoms with Gasteiger partial charge in [0.05, 0.1) is 6.61 Å². The minimum absolute atomic E-state index is 0.0665. The molecular formula is C11H15NO5. The highest BCUT2D eigenvalue weighted by Gasteiger charge is 2.23. The van der Waals surface area contributed by atoms with Crippen molar-refractivity contribution in [2.75, 3.05) is 6.61 Å². The fourth-order valence-electron chi connectivity index (χ4n) is 1.37. The summed E-state index contributed by atoms with van der Waals surface area (Å²) in [6, 6.07) is -0.940. The summed E-state index contributed by atoms with van der Waals surface area (Å²) in [5.74, 6) is -2.06. The van der Waals surface area contributed by atoms with E-state index in [0.29, 0.717) is 0 Å². The highest BCUT2D eigenvalue weighted by atomic mass is 16.5. The van der Waals surface area contributed by atoms with E-state index < -0.39 is 18.0 Å². The summed E-state index contributed by atoms with van der Waals surface area (Å²) in [6.07, 6.45) is 1.31. The summed E-state index contributed by atoms with van der Waals surface area (Å²) in [4.78, 5) is 26.0. The van der Waals surface area contributed by atoms with Gasteiger partial charge in [0.1, 0.15) is 17.4 Å². The maximum absolute atomic E-state index is 11.3. The van der Waals surface area contributed by atoms with E-state index in [9.17, 15) is 14.7 Å². The lowest BCUT2D eigenvalue weighted by molar-refractivity contribution is -0.141. The molecule has 6 heteroatoms. The molecule has 1 heterocycles. The monoisotopic (exact) mass is 241 g/mol. The predicted molar refractivity (Wildman–Crippen MR) is 60.0 cm³/mol. The Morgan fingerprint density at radius 2 is 2.18 bits per heavy atom. The van der Waals surface area contributed by atoms with Gasteiger partial charge < -0.3 is 14.9 Å². The van der Waals surface area contributed by atoms with Crippen LogP contribution in [0.15, 0.2) is 16.3 Å². The molecule has 0 amide bonds. The fraction of sp³-hybridized carbons (Fsp3) is 0.545. The molecule has 0 saturated heterocycles. The minimum atomic E-state index is -1.07. The van der Waals surface area contributed by atoms with Crippen molar-refractivity contribution < 1.29 is 24.5 Å². The summed E-state index contributed by atoms with van der Waals surface area (Å²) >= 11 is 0. The molecule has 1 atom stereocenters. The van der Waals surface area contributed by atoms with E-state index in [1.807, 2.05) is 0 Å². The molecule has 1 aliphatic heterocycles. The normalized spacial score (nSPS) is 18.6. The number of hydrogen-bond donors (Lipinski definition) is 2. The maximum Gasteiger partial charge on any atom is 0.343 e. The van der Waals surface area contributed by atoms with E-state index in [4.69, 9.17) is 9.84 Å². The first kappa shape index (κ1) is 13.2. The fourth-order valence-corrected chi connectivity index (χ4v) is 1.37. The first-order valence-corrected chi connectivity index (χ1v) is 5.28. The zero-order valence-corrected chi connectivity index (χ0v) is 9.71. The minimum Gasteiger partial charge on any atom is -0.511 e. The van der Waals surface area contributed by atoms with Crippen LogP contribution in [0, 0.1) is 5.92 Å². The Morgan fingerprint density at radius 3 is 2.65 bits per heavy atom. The number of carboxylic acids is 1. The van der Waals surface area contributed by atoms with Crippen molar-refractivity contribution in [3.63, 3.8) is 0 Å². The first-order chi connectivity index (χ1) is 7.93. The number of aliphatic hydroxyl groups is 1. The van der Waals surface area contributed by atoms with Crippen molar-refractivity contribution >= 4 is 18.2 Å². The maximum atomic E-state index is 11.3.